The third kappa shape index (κ3) is 9.42. The number of methoxy groups -OCH3 is 1. The first-order chi connectivity index (χ1) is 18.7. The molecular weight excluding hydrogens is 547 g/mol. The van der Waals surface area contributed by atoms with Crippen molar-refractivity contribution in [2.75, 3.05) is 24.2 Å². The van der Waals surface area contributed by atoms with E-state index >= 15 is 0 Å². The highest BCUT2D eigenvalue weighted by Gasteiger charge is 2.32. The van der Waals surface area contributed by atoms with Crippen molar-refractivity contribution < 1.29 is 35.9 Å². The molecule has 0 unspecified atom stereocenters. The number of amides is 2. The molecule has 0 aliphatic heterocycles. The molecule has 2 aromatic carbocycles. The van der Waals surface area contributed by atoms with Gasteiger partial charge in [-0.25, -0.2) is 8.42 Å². The number of benzene rings is 2. The van der Waals surface area contributed by atoms with Gasteiger partial charge in [-0.3, -0.25) is 13.9 Å². The second-order valence-electron chi connectivity index (χ2n) is 9.60. The number of hydrogen-bond donors (Lipinski definition) is 1. The first-order valence-electron chi connectivity index (χ1n) is 13.1. The number of ether oxygens (including phenoxy) is 1. The van der Waals surface area contributed by atoms with E-state index in [4.69, 9.17) is 4.74 Å². The highest BCUT2D eigenvalue weighted by Crippen LogP contribution is 2.32. The van der Waals surface area contributed by atoms with E-state index in [9.17, 15) is 31.2 Å². The molecule has 0 aliphatic carbocycles. The summed E-state index contributed by atoms with van der Waals surface area (Å²) in [6.45, 7) is 5.50. The Morgan fingerprint density at radius 2 is 1.73 bits per heavy atom. The van der Waals surface area contributed by atoms with Crippen molar-refractivity contribution in [1.29, 1.82) is 0 Å². The van der Waals surface area contributed by atoms with Gasteiger partial charge >= 0.3 is 6.18 Å². The smallest absolute Gasteiger partial charge is 0.416 e. The third-order valence-corrected chi connectivity index (χ3v) is 7.68. The summed E-state index contributed by atoms with van der Waals surface area (Å²) in [6, 6.07) is 10.3. The van der Waals surface area contributed by atoms with E-state index in [-0.39, 0.29) is 49.5 Å². The fourth-order valence-electron chi connectivity index (χ4n) is 4.17. The summed E-state index contributed by atoms with van der Waals surface area (Å²) in [5, 5.41) is 2.92. The maximum atomic E-state index is 13.5. The van der Waals surface area contributed by atoms with Crippen LogP contribution in [0.2, 0.25) is 0 Å². The van der Waals surface area contributed by atoms with Crippen molar-refractivity contribution in [3.05, 3.63) is 59.7 Å². The lowest BCUT2D eigenvalue weighted by Crippen LogP contribution is -2.50. The van der Waals surface area contributed by atoms with Crippen LogP contribution in [0.4, 0.5) is 18.9 Å². The molecule has 8 nitrogen and oxygen atoms in total. The van der Waals surface area contributed by atoms with Gasteiger partial charge < -0.3 is 15.0 Å². The number of rotatable bonds is 14. The number of anilines is 1. The summed E-state index contributed by atoms with van der Waals surface area (Å²) in [6.07, 6.45) is -2.78. The van der Waals surface area contributed by atoms with E-state index in [1.165, 1.54) is 18.1 Å². The highest BCUT2D eigenvalue weighted by molar-refractivity contribution is 7.92. The van der Waals surface area contributed by atoms with E-state index in [1.807, 2.05) is 13.8 Å². The zero-order chi connectivity index (χ0) is 30.1. The van der Waals surface area contributed by atoms with Gasteiger partial charge in [0.2, 0.25) is 21.8 Å². The van der Waals surface area contributed by atoms with Crippen LogP contribution in [-0.4, -0.2) is 57.1 Å². The predicted molar refractivity (Wildman–Crippen MR) is 148 cm³/mol. The lowest BCUT2D eigenvalue weighted by Gasteiger charge is -2.32. The second kappa shape index (κ2) is 14.4. The maximum Gasteiger partial charge on any atom is 0.416 e. The van der Waals surface area contributed by atoms with Crippen LogP contribution >= 0.6 is 0 Å². The number of carbonyl (C=O) groups excluding carboxylic acids is 2. The average Bonchev–Trinajstić information content (AvgIpc) is 2.89. The van der Waals surface area contributed by atoms with Gasteiger partial charge in [-0.15, -0.1) is 0 Å². The van der Waals surface area contributed by atoms with Gasteiger partial charge in [-0.1, -0.05) is 32.0 Å². The number of alkyl halides is 3. The predicted octanol–water partition coefficient (Wildman–Crippen LogP) is 4.98. The van der Waals surface area contributed by atoms with E-state index in [1.54, 1.807) is 31.2 Å². The average molecular weight is 586 g/mol. The van der Waals surface area contributed by atoms with E-state index in [0.717, 1.165) is 34.3 Å². The molecule has 0 spiro atoms. The Morgan fingerprint density at radius 1 is 1.05 bits per heavy atom. The van der Waals surface area contributed by atoms with Crippen molar-refractivity contribution in [3.8, 4) is 5.75 Å². The molecule has 40 heavy (non-hydrogen) atoms. The number of halogens is 3. The van der Waals surface area contributed by atoms with Crippen LogP contribution in [0, 0.1) is 0 Å². The first kappa shape index (κ1) is 32.9. The fourth-order valence-corrected chi connectivity index (χ4v) is 5.13. The van der Waals surface area contributed by atoms with Gasteiger partial charge in [0, 0.05) is 25.6 Å². The van der Waals surface area contributed by atoms with Crippen LogP contribution in [0.5, 0.6) is 5.75 Å². The highest BCUT2D eigenvalue weighted by atomic mass is 32.2. The standard InChI is InChI=1S/C28H38F3N3O5S/c1-6-20(3)32-27(36)25(7-2)33(19-21-11-8-14-24(17-21)39-4)26(35)15-10-16-34(40(5,37)38)23-13-9-12-22(18-23)28(29,30)31/h8-9,11-14,17-18,20,25H,6-7,10,15-16,19H2,1-5H3,(H,32,36)/t20-,25-/m0/s1. The molecule has 2 aromatic rings. The Labute approximate surface area is 234 Å². The summed E-state index contributed by atoms with van der Waals surface area (Å²) in [5.41, 5.74) is -0.376. The minimum Gasteiger partial charge on any atom is -0.497 e. The summed E-state index contributed by atoms with van der Waals surface area (Å²) in [7, 11) is -2.42. The lowest BCUT2D eigenvalue weighted by atomic mass is 10.1. The van der Waals surface area contributed by atoms with Crippen molar-refractivity contribution in [2.24, 2.45) is 0 Å². The topological polar surface area (TPSA) is 96.0 Å². The summed E-state index contributed by atoms with van der Waals surface area (Å²) >= 11 is 0. The van der Waals surface area contributed by atoms with Crippen LogP contribution in [0.15, 0.2) is 48.5 Å². The van der Waals surface area contributed by atoms with Gasteiger partial charge in [0.1, 0.15) is 11.8 Å². The Balaban J connectivity index is 2.29. The molecule has 2 atom stereocenters. The molecule has 2 amide bonds. The number of carbonyl (C=O) groups is 2. The van der Waals surface area contributed by atoms with Crippen molar-refractivity contribution in [1.82, 2.24) is 10.2 Å². The quantitative estimate of drug-likeness (QED) is 0.337. The molecular formula is C28H38F3N3O5S. The molecule has 2 rings (SSSR count). The van der Waals surface area contributed by atoms with Gasteiger partial charge in [-0.05, 0) is 62.1 Å². The molecule has 0 fully saturated rings. The number of nitrogens with one attached hydrogen (secondary N) is 1. The molecule has 0 saturated heterocycles. The van der Waals surface area contributed by atoms with Gasteiger partial charge in [-0.2, -0.15) is 13.2 Å². The molecule has 222 valence electrons. The Kier molecular flexibility index (Phi) is 11.8. The van der Waals surface area contributed by atoms with Gasteiger partial charge in [0.05, 0.1) is 24.6 Å². The molecule has 0 bridgehead atoms. The number of nitrogens with zero attached hydrogens (tertiary/aromatic N) is 2. The molecule has 0 aromatic heterocycles. The third-order valence-electron chi connectivity index (χ3n) is 6.49. The van der Waals surface area contributed by atoms with Crippen molar-refractivity contribution in [2.45, 2.75) is 71.3 Å². The molecule has 0 heterocycles. The summed E-state index contributed by atoms with van der Waals surface area (Å²) in [5.74, 6) is -0.0897. The van der Waals surface area contributed by atoms with E-state index in [0.29, 0.717) is 18.6 Å². The fraction of sp³-hybridized carbons (Fsp3) is 0.500. The lowest BCUT2D eigenvalue weighted by molar-refractivity contribution is -0.141. The minimum absolute atomic E-state index is 0.0280. The largest absolute Gasteiger partial charge is 0.497 e. The monoisotopic (exact) mass is 585 g/mol. The van der Waals surface area contributed by atoms with Gasteiger partial charge in [0.25, 0.3) is 0 Å². The Hall–Kier alpha value is -3.28. The molecule has 12 heteroatoms. The van der Waals surface area contributed by atoms with Crippen LogP contribution in [0.25, 0.3) is 0 Å². The molecule has 1 N–H and O–H groups in total. The van der Waals surface area contributed by atoms with Crippen LogP contribution < -0.4 is 14.4 Å². The van der Waals surface area contributed by atoms with Gasteiger partial charge in [0.15, 0.2) is 0 Å². The first-order valence-corrected chi connectivity index (χ1v) is 14.9. The number of hydrogen-bond acceptors (Lipinski definition) is 5. The van der Waals surface area contributed by atoms with Crippen LogP contribution in [0.3, 0.4) is 0 Å². The van der Waals surface area contributed by atoms with Crippen LogP contribution in [0.1, 0.15) is 57.6 Å². The van der Waals surface area contributed by atoms with Crippen LogP contribution in [-0.2, 0) is 32.3 Å². The van der Waals surface area contributed by atoms with Crippen molar-refractivity contribution >= 4 is 27.5 Å². The summed E-state index contributed by atoms with van der Waals surface area (Å²) in [4.78, 5) is 28.1. The Bertz CT molecular complexity index is 1250. The zero-order valence-electron chi connectivity index (χ0n) is 23.5. The minimum atomic E-state index is -4.64. The zero-order valence-corrected chi connectivity index (χ0v) is 24.3. The SMILES string of the molecule is CC[C@H](C)NC(=O)[C@H](CC)N(Cc1cccc(OC)c1)C(=O)CCCN(c1cccc(C(F)(F)F)c1)S(C)(=O)=O. The maximum absolute atomic E-state index is 13.5. The molecule has 0 aliphatic rings. The number of sulfonamides is 1. The molecule has 0 radical (unpaired) electrons. The second-order valence-corrected chi connectivity index (χ2v) is 11.5. The molecule has 0 saturated carbocycles. The Morgan fingerprint density at radius 3 is 2.30 bits per heavy atom. The normalized spacial score (nSPS) is 13.3. The van der Waals surface area contributed by atoms with E-state index < -0.39 is 27.8 Å². The van der Waals surface area contributed by atoms with Crippen molar-refractivity contribution in [3.63, 3.8) is 0 Å². The van der Waals surface area contributed by atoms with E-state index in [2.05, 4.69) is 5.32 Å². The summed E-state index contributed by atoms with van der Waals surface area (Å²) < 4.78 is 70.7.